The fourth-order valence-corrected chi connectivity index (χ4v) is 2.44. The third-order valence-corrected chi connectivity index (χ3v) is 3.37. The monoisotopic (exact) mass is 170 g/mol. The van der Waals surface area contributed by atoms with E-state index in [4.69, 9.17) is 5.11 Å². The molecule has 1 fully saturated rings. The highest BCUT2D eigenvalue weighted by molar-refractivity contribution is 4.74. The summed E-state index contributed by atoms with van der Waals surface area (Å²) in [7, 11) is 0. The molecule has 0 amide bonds. The van der Waals surface area contributed by atoms with Gasteiger partial charge in [-0.05, 0) is 30.6 Å². The van der Waals surface area contributed by atoms with Crippen LogP contribution in [0.1, 0.15) is 46.0 Å². The maximum absolute atomic E-state index is 8.83. The summed E-state index contributed by atoms with van der Waals surface area (Å²) >= 11 is 0. The molecule has 1 aliphatic rings. The number of aliphatic hydroxyl groups is 1. The summed E-state index contributed by atoms with van der Waals surface area (Å²) in [5.74, 6) is 2.54. The minimum Gasteiger partial charge on any atom is -0.396 e. The zero-order chi connectivity index (χ0) is 8.97. The molecule has 1 aliphatic carbocycles. The second-order valence-corrected chi connectivity index (χ2v) is 4.52. The Hall–Kier alpha value is -0.0400. The van der Waals surface area contributed by atoms with E-state index in [-0.39, 0.29) is 0 Å². The van der Waals surface area contributed by atoms with Crippen LogP contribution in [0, 0.1) is 17.8 Å². The van der Waals surface area contributed by atoms with Crippen LogP contribution in [-0.4, -0.2) is 11.7 Å². The lowest BCUT2D eigenvalue weighted by molar-refractivity contribution is 0.175. The van der Waals surface area contributed by atoms with E-state index in [1.165, 1.54) is 25.7 Å². The maximum Gasteiger partial charge on any atom is 0.0433 e. The van der Waals surface area contributed by atoms with Crippen LogP contribution in [0.25, 0.3) is 0 Å². The van der Waals surface area contributed by atoms with E-state index >= 15 is 0 Å². The van der Waals surface area contributed by atoms with Crippen molar-refractivity contribution in [2.24, 2.45) is 17.8 Å². The van der Waals surface area contributed by atoms with Gasteiger partial charge in [0.05, 0.1) is 0 Å². The molecular formula is C11H22O. The molecule has 0 aromatic heterocycles. The van der Waals surface area contributed by atoms with E-state index in [9.17, 15) is 0 Å². The summed E-state index contributed by atoms with van der Waals surface area (Å²) in [6.07, 6.45) is 6.61. The quantitative estimate of drug-likeness (QED) is 0.690. The Morgan fingerprint density at radius 3 is 2.75 bits per heavy atom. The van der Waals surface area contributed by atoms with Crippen molar-refractivity contribution in [2.45, 2.75) is 46.0 Å². The van der Waals surface area contributed by atoms with Gasteiger partial charge in [-0.25, -0.2) is 0 Å². The molecule has 0 aromatic carbocycles. The molecule has 0 saturated heterocycles. The molecule has 1 N–H and O–H groups in total. The summed E-state index contributed by atoms with van der Waals surface area (Å²) in [5.41, 5.74) is 0. The topological polar surface area (TPSA) is 20.2 Å². The number of aliphatic hydroxyl groups excluding tert-OH is 1. The van der Waals surface area contributed by atoms with Crippen LogP contribution in [0.5, 0.6) is 0 Å². The van der Waals surface area contributed by atoms with Crippen molar-refractivity contribution in [1.82, 2.24) is 0 Å². The van der Waals surface area contributed by atoms with E-state index in [1.54, 1.807) is 0 Å². The number of rotatable bonds is 3. The Balaban J connectivity index is 2.29. The molecule has 0 aromatic rings. The van der Waals surface area contributed by atoms with Gasteiger partial charge in [-0.1, -0.05) is 33.1 Å². The maximum atomic E-state index is 8.83. The average Bonchev–Trinajstić information content (AvgIpc) is 2.05. The van der Waals surface area contributed by atoms with Crippen LogP contribution in [0.3, 0.4) is 0 Å². The lowest BCUT2D eigenvalue weighted by atomic mass is 9.75. The minimum atomic E-state index is 0.367. The summed E-state index contributed by atoms with van der Waals surface area (Å²) in [5, 5.41) is 8.83. The molecule has 72 valence electrons. The second kappa shape index (κ2) is 4.86. The van der Waals surface area contributed by atoms with Crippen LogP contribution in [0.15, 0.2) is 0 Å². The molecule has 1 rings (SSSR count). The Labute approximate surface area is 76.2 Å². The lowest BCUT2D eigenvalue weighted by Gasteiger charge is -2.31. The minimum absolute atomic E-state index is 0.367. The third-order valence-electron chi connectivity index (χ3n) is 3.37. The molecule has 1 saturated carbocycles. The fourth-order valence-electron chi connectivity index (χ4n) is 2.44. The third kappa shape index (κ3) is 2.78. The second-order valence-electron chi connectivity index (χ2n) is 4.52. The van der Waals surface area contributed by atoms with Crippen LogP contribution < -0.4 is 0 Å². The standard InChI is InChI=1S/C11H22O/c1-9-4-3-5-11(8-9)10(2)6-7-12/h9-12H,3-8H2,1-2H3. The highest BCUT2D eigenvalue weighted by Gasteiger charge is 2.23. The SMILES string of the molecule is CC1CCCC(C(C)CCO)C1. The van der Waals surface area contributed by atoms with Crippen molar-refractivity contribution in [3.8, 4) is 0 Å². The van der Waals surface area contributed by atoms with Crippen LogP contribution in [0.2, 0.25) is 0 Å². The Morgan fingerprint density at radius 1 is 1.42 bits per heavy atom. The first-order chi connectivity index (χ1) is 5.74. The molecule has 1 heteroatoms. The van der Waals surface area contributed by atoms with Gasteiger partial charge in [-0.15, -0.1) is 0 Å². The Kier molecular flexibility index (Phi) is 4.07. The largest absolute Gasteiger partial charge is 0.396 e. The molecule has 0 heterocycles. The van der Waals surface area contributed by atoms with Crippen molar-refractivity contribution in [3.63, 3.8) is 0 Å². The molecule has 0 aliphatic heterocycles. The van der Waals surface area contributed by atoms with Gasteiger partial charge in [-0.2, -0.15) is 0 Å². The molecular weight excluding hydrogens is 148 g/mol. The number of hydrogen-bond acceptors (Lipinski definition) is 1. The van der Waals surface area contributed by atoms with Crippen LogP contribution in [-0.2, 0) is 0 Å². The van der Waals surface area contributed by atoms with Crippen molar-refractivity contribution < 1.29 is 5.11 Å². The zero-order valence-corrected chi connectivity index (χ0v) is 8.42. The molecule has 0 radical (unpaired) electrons. The van der Waals surface area contributed by atoms with Crippen molar-refractivity contribution >= 4 is 0 Å². The summed E-state index contributed by atoms with van der Waals surface area (Å²) in [4.78, 5) is 0. The molecule has 0 spiro atoms. The lowest BCUT2D eigenvalue weighted by Crippen LogP contribution is -2.20. The van der Waals surface area contributed by atoms with Gasteiger partial charge in [0.15, 0.2) is 0 Å². The fraction of sp³-hybridized carbons (Fsp3) is 1.00. The molecule has 1 nitrogen and oxygen atoms in total. The summed E-state index contributed by atoms with van der Waals surface area (Å²) in [6, 6.07) is 0. The highest BCUT2D eigenvalue weighted by atomic mass is 16.3. The van der Waals surface area contributed by atoms with Crippen LogP contribution >= 0.6 is 0 Å². The van der Waals surface area contributed by atoms with E-state index in [0.29, 0.717) is 6.61 Å². The summed E-state index contributed by atoms with van der Waals surface area (Å²) < 4.78 is 0. The van der Waals surface area contributed by atoms with E-state index in [0.717, 1.165) is 24.2 Å². The first kappa shape index (κ1) is 10.0. The van der Waals surface area contributed by atoms with Gasteiger partial charge in [0.2, 0.25) is 0 Å². The van der Waals surface area contributed by atoms with E-state index in [2.05, 4.69) is 13.8 Å². The van der Waals surface area contributed by atoms with Gasteiger partial charge in [0.1, 0.15) is 0 Å². The Bertz CT molecular complexity index is 122. The van der Waals surface area contributed by atoms with Crippen molar-refractivity contribution in [1.29, 1.82) is 0 Å². The predicted molar refractivity (Wildman–Crippen MR) is 52.0 cm³/mol. The van der Waals surface area contributed by atoms with Crippen molar-refractivity contribution in [2.75, 3.05) is 6.61 Å². The zero-order valence-electron chi connectivity index (χ0n) is 8.42. The highest BCUT2D eigenvalue weighted by Crippen LogP contribution is 2.34. The predicted octanol–water partition coefficient (Wildman–Crippen LogP) is 2.83. The van der Waals surface area contributed by atoms with Crippen LogP contribution in [0.4, 0.5) is 0 Å². The Morgan fingerprint density at radius 2 is 2.17 bits per heavy atom. The van der Waals surface area contributed by atoms with Gasteiger partial charge in [-0.3, -0.25) is 0 Å². The summed E-state index contributed by atoms with van der Waals surface area (Å²) in [6.45, 7) is 5.02. The molecule has 3 unspecified atom stereocenters. The smallest absolute Gasteiger partial charge is 0.0433 e. The average molecular weight is 170 g/mol. The first-order valence-electron chi connectivity index (χ1n) is 5.35. The van der Waals surface area contributed by atoms with Crippen molar-refractivity contribution in [3.05, 3.63) is 0 Å². The molecule has 3 atom stereocenters. The van der Waals surface area contributed by atoms with Gasteiger partial charge in [0.25, 0.3) is 0 Å². The first-order valence-corrected chi connectivity index (χ1v) is 5.35. The normalized spacial score (nSPS) is 33.2. The van der Waals surface area contributed by atoms with E-state index in [1.807, 2.05) is 0 Å². The van der Waals surface area contributed by atoms with Gasteiger partial charge >= 0.3 is 0 Å². The van der Waals surface area contributed by atoms with Gasteiger partial charge < -0.3 is 5.11 Å². The molecule has 0 bridgehead atoms. The number of hydrogen-bond donors (Lipinski definition) is 1. The van der Waals surface area contributed by atoms with Gasteiger partial charge in [0, 0.05) is 6.61 Å². The molecule has 12 heavy (non-hydrogen) atoms. The van der Waals surface area contributed by atoms with E-state index < -0.39 is 0 Å².